The number of benzene rings is 2. The highest BCUT2D eigenvalue weighted by Crippen LogP contribution is 2.20. The van der Waals surface area contributed by atoms with Crippen molar-refractivity contribution < 1.29 is 4.79 Å². The van der Waals surface area contributed by atoms with Crippen molar-refractivity contribution in [3.63, 3.8) is 0 Å². The van der Waals surface area contributed by atoms with E-state index in [0.29, 0.717) is 12.8 Å². The number of H-pyrrole nitrogens is 1. The second-order valence-corrected chi connectivity index (χ2v) is 7.56. The molecule has 4 rings (SSSR count). The van der Waals surface area contributed by atoms with Crippen LogP contribution in [-0.4, -0.2) is 15.9 Å². The molecule has 4 nitrogen and oxygen atoms in total. The monoisotopic (exact) mass is 375 g/mol. The average Bonchev–Trinajstić information content (AvgIpc) is 3.36. The Bertz CT molecular complexity index is 975. The van der Waals surface area contributed by atoms with Crippen LogP contribution in [-0.2, 0) is 17.6 Å². The van der Waals surface area contributed by atoms with Crippen LogP contribution < -0.4 is 5.32 Å². The van der Waals surface area contributed by atoms with Crippen molar-refractivity contribution in [2.75, 3.05) is 0 Å². The van der Waals surface area contributed by atoms with Gasteiger partial charge in [-0.15, -0.1) is 11.3 Å². The summed E-state index contributed by atoms with van der Waals surface area (Å²) in [6.45, 7) is 0. The maximum Gasteiger partial charge on any atom is 0.220 e. The highest BCUT2D eigenvalue weighted by molar-refractivity contribution is 7.09. The van der Waals surface area contributed by atoms with Gasteiger partial charge in [-0.2, -0.15) is 0 Å². The first kappa shape index (κ1) is 17.5. The first-order valence-electron chi connectivity index (χ1n) is 9.08. The Hall–Kier alpha value is -2.92. The standard InChI is InChI=1S/C22H21N3OS/c26-21(13-12-17-9-6-14-27-17)23-20(15-16-7-2-1-3-8-16)22-24-18-10-4-5-11-19(18)25-22/h1-11,14,20H,12-13,15H2,(H,23,26)(H,24,25)/t20-/m1/s1. The fraction of sp³-hybridized carbons (Fsp3) is 0.182. The van der Waals surface area contributed by atoms with Gasteiger partial charge in [-0.3, -0.25) is 4.79 Å². The Labute approximate surface area is 162 Å². The van der Waals surface area contributed by atoms with E-state index in [1.54, 1.807) is 11.3 Å². The molecule has 0 bridgehead atoms. The molecule has 2 aromatic heterocycles. The summed E-state index contributed by atoms with van der Waals surface area (Å²) in [5.74, 6) is 0.842. The van der Waals surface area contributed by atoms with Gasteiger partial charge in [0.05, 0.1) is 17.1 Å². The van der Waals surface area contributed by atoms with E-state index in [1.807, 2.05) is 53.9 Å². The van der Waals surface area contributed by atoms with Crippen LogP contribution in [0.2, 0.25) is 0 Å². The van der Waals surface area contributed by atoms with Gasteiger partial charge in [0.2, 0.25) is 5.91 Å². The van der Waals surface area contributed by atoms with E-state index in [1.165, 1.54) is 10.4 Å². The molecule has 0 radical (unpaired) electrons. The average molecular weight is 375 g/mol. The largest absolute Gasteiger partial charge is 0.346 e. The molecule has 0 aliphatic rings. The number of aromatic amines is 1. The van der Waals surface area contributed by atoms with Crippen molar-refractivity contribution in [1.29, 1.82) is 0 Å². The van der Waals surface area contributed by atoms with E-state index < -0.39 is 0 Å². The summed E-state index contributed by atoms with van der Waals surface area (Å²) in [4.78, 5) is 21.9. The smallest absolute Gasteiger partial charge is 0.220 e. The molecule has 5 heteroatoms. The molecule has 4 aromatic rings. The van der Waals surface area contributed by atoms with E-state index >= 15 is 0 Å². The lowest BCUT2D eigenvalue weighted by Gasteiger charge is -2.17. The highest BCUT2D eigenvalue weighted by atomic mass is 32.1. The summed E-state index contributed by atoms with van der Waals surface area (Å²) in [5.41, 5.74) is 3.07. The number of fused-ring (bicyclic) bond motifs is 1. The molecule has 0 spiro atoms. The van der Waals surface area contributed by atoms with Crippen LogP contribution in [0.4, 0.5) is 0 Å². The van der Waals surface area contributed by atoms with Gasteiger partial charge < -0.3 is 10.3 Å². The zero-order chi connectivity index (χ0) is 18.5. The number of aryl methyl sites for hydroxylation is 1. The lowest BCUT2D eigenvalue weighted by molar-refractivity contribution is -0.121. The van der Waals surface area contributed by atoms with E-state index in [0.717, 1.165) is 23.3 Å². The molecular formula is C22H21N3OS. The number of carbonyl (C=O) groups excluding carboxylic acids is 1. The molecule has 136 valence electrons. The molecule has 0 fully saturated rings. The summed E-state index contributed by atoms with van der Waals surface area (Å²) in [5, 5.41) is 5.22. The molecule has 2 heterocycles. The molecule has 0 aliphatic carbocycles. The second kappa shape index (κ2) is 8.18. The SMILES string of the molecule is O=C(CCc1cccs1)N[C@H](Cc1ccccc1)c1nc2ccccc2[nH]1. The van der Waals surface area contributed by atoms with Crippen LogP contribution in [0.25, 0.3) is 11.0 Å². The lowest BCUT2D eigenvalue weighted by atomic mass is 10.1. The first-order valence-corrected chi connectivity index (χ1v) is 9.96. The molecule has 2 aromatic carbocycles. The van der Waals surface area contributed by atoms with Gasteiger partial charge in [-0.05, 0) is 42.0 Å². The van der Waals surface area contributed by atoms with Crippen molar-refractivity contribution in [2.45, 2.75) is 25.3 Å². The summed E-state index contributed by atoms with van der Waals surface area (Å²) in [6, 6.07) is 22.0. The predicted molar refractivity (Wildman–Crippen MR) is 110 cm³/mol. The number of rotatable bonds is 7. The number of carbonyl (C=O) groups is 1. The van der Waals surface area contributed by atoms with Crippen molar-refractivity contribution in [3.05, 3.63) is 88.4 Å². The van der Waals surface area contributed by atoms with Crippen LogP contribution in [0.5, 0.6) is 0 Å². The molecule has 0 saturated heterocycles. The normalized spacial score (nSPS) is 12.1. The van der Waals surface area contributed by atoms with Crippen molar-refractivity contribution in [3.8, 4) is 0 Å². The number of nitrogens with zero attached hydrogens (tertiary/aromatic N) is 1. The van der Waals surface area contributed by atoms with Gasteiger partial charge in [-0.25, -0.2) is 4.98 Å². The van der Waals surface area contributed by atoms with Gasteiger partial charge in [0, 0.05) is 11.3 Å². The minimum absolute atomic E-state index is 0.0461. The quantitative estimate of drug-likeness (QED) is 0.494. The Kier molecular flexibility index (Phi) is 5.30. The Morgan fingerprint density at radius 2 is 1.85 bits per heavy atom. The fourth-order valence-electron chi connectivity index (χ4n) is 3.16. The van der Waals surface area contributed by atoms with Crippen LogP contribution in [0.1, 0.15) is 28.7 Å². The molecule has 0 saturated carbocycles. The zero-order valence-corrected chi connectivity index (χ0v) is 15.7. The van der Waals surface area contributed by atoms with Crippen molar-refractivity contribution >= 4 is 28.3 Å². The van der Waals surface area contributed by atoms with Gasteiger partial charge >= 0.3 is 0 Å². The van der Waals surface area contributed by atoms with Gasteiger partial charge in [0.15, 0.2) is 0 Å². The van der Waals surface area contributed by atoms with E-state index in [4.69, 9.17) is 4.98 Å². The molecule has 0 unspecified atom stereocenters. The first-order chi connectivity index (χ1) is 13.3. The molecule has 2 N–H and O–H groups in total. The van der Waals surface area contributed by atoms with Crippen LogP contribution >= 0.6 is 11.3 Å². The minimum atomic E-state index is -0.185. The Balaban J connectivity index is 1.52. The third-order valence-corrected chi connectivity index (χ3v) is 5.47. The van der Waals surface area contributed by atoms with Crippen LogP contribution in [0, 0.1) is 0 Å². The topological polar surface area (TPSA) is 57.8 Å². The van der Waals surface area contributed by atoms with E-state index in [9.17, 15) is 4.79 Å². The summed E-state index contributed by atoms with van der Waals surface area (Å²) >= 11 is 1.69. The summed E-state index contributed by atoms with van der Waals surface area (Å²) < 4.78 is 0. The van der Waals surface area contributed by atoms with Gasteiger partial charge in [0.1, 0.15) is 5.82 Å². The maximum absolute atomic E-state index is 12.6. The fourth-order valence-corrected chi connectivity index (χ4v) is 3.87. The van der Waals surface area contributed by atoms with E-state index in [-0.39, 0.29) is 11.9 Å². The van der Waals surface area contributed by atoms with Crippen molar-refractivity contribution in [1.82, 2.24) is 15.3 Å². The maximum atomic E-state index is 12.6. The third-order valence-electron chi connectivity index (χ3n) is 4.53. The summed E-state index contributed by atoms with van der Waals surface area (Å²) in [6.07, 6.45) is 1.94. The number of hydrogen-bond acceptors (Lipinski definition) is 3. The minimum Gasteiger partial charge on any atom is -0.346 e. The number of aromatic nitrogens is 2. The number of thiophene rings is 1. The molecule has 0 aliphatic heterocycles. The Morgan fingerprint density at radius 1 is 1.04 bits per heavy atom. The Morgan fingerprint density at radius 3 is 2.63 bits per heavy atom. The number of para-hydroxylation sites is 2. The number of amides is 1. The number of nitrogens with one attached hydrogen (secondary N) is 2. The highest BCUT2D eigenvalue weighted by Gasteiger charge is 2.19. The second-order valence-electron chi connectivity index (χ2n) is 6.53. The van der Waals surface area contributed by atoms with Crippen LogP contribution in [0.3, 0.4) is 0 Å². The third kappa shape index (κ3) is 4.44. The zero-order valence-electron chi connectivity index (χ0n) is 14.9. The van der Waals surface area contributed by atoms with Crippen LogP contribution in [0.15, 0.2) is 72.1 Å². The number of hydrogen-bond donors (Lipinski definition) is 2. The predicted octanol–water partition coefficient (Wildman–Crippen LogP) is 4.66. The van der Waals surface area contributed by atoms with Gasteiger partial charge in [0.25, 0.3) is 0 Å². The molecule has 1 amide bonds. The van der Waals surface area contributed by atoms with Gasteiger partial charge in [-0.1, -0.05) is 48.5 Å². The molecule has 1 atom stereocenters. The molecule has 27 heavy (non-hydrogen) atoms. The lowest BCUT2D eigenvalue weighted by Crippen LogP contribution is -2.30. The number of imidazole rings is 1. The van der Waals surface area contributed by atoms with Crippen molar-refractivity contribution in [2.24, 2.45) is 0 Å². The van der Waals surface area contributed by atoms with E-state index in [2.05, 4.69) is 28.5 Å². The summed E-state index contributed by atoms with van der Waals surface area (Å²) in [7, 11) is 0. The molecular weight excluding hydrogens is 354 g/mol.